The van der Waals surface area contributed by atoms with Gasteiger partial charge < -0.3 is 15.2 Å². The first-order chi connectivity index (χ1) is 8.30. The maximum Gasteiger partial charge on any atom is 0.126 e. The summed E-state index contributed by atoms with van der Waals surface area (Å²) in [5, 5.41) is 2.13. The Morgan fingerprint density at radius 1 is 0.941 bits per heavy atom. The lowest BCUT2D eigenvalue weighted by molar-refractivity contribution is 0.410. The fourth-order valence-corrected chi connectivity index (χ4v) is 2.02. The molecule has 0 aliphatic rings. The van der Waals surface area contributed by atoms with Crippen LogP contribution >= 0.6 is 0 Å². The van der Waals surface area contributed by atoms with E-state index < -0.39 is 0 Å². The molecule has 0 bridgehead atoms. The first kappa shape index (κ1) is 11.7. The number of hydrogen-bond donors (Lipinski definition) is 1. The normalized spacial score (nSPS) is 10.5. The topological polar surface area (TPSA) is 44.5 Å². The Morgan fingerprint density at radius 2 is 1.59 bits per heavy atom. The molecule has 2 N–H and O–H groups in total. The van der Waals surface area contributed by atoms with Crippen molar-refractivity contribution in [1.29, 1.82) is 0 Å². The molecule has 0 aromatic heterocycles. The van der Waals surface area contributed by atoms with Crippen LogP contribution in [0.2, 0.25) is 0 Å². The van der Waals surface area contributed by atoms with Crippen LogP contribution in [0.1, 0.15) is 5.56 Å². The number of benzene rings is 2. The molecule has 0 radical (unpaired) electrons. The smallest absolute Gasteiger partial charge is 0.126 e. The second-order valence-electron chi connectivity index (χ2n) is 3.89. The van der Waals surface area contributed by atoms with E-state index in [1.165, 1.54) is 5.56 Å². The molecule has 2 aromatic rings. The maximum absolute atomic E-state index is 5.58. The number of fused-ring (bicyclic) bond motifs is 1. The van der Waals surface area contributed by atoms with Crippen molar-refractivity contribution in [2.24, 2.45) is 5.73 Å². The van der Waals surface area contributed by atoms with E-state index in [0.717, 1.165) is 28.7 Å². The van der Waals surface area contributed by atoms with E-state index >= 15 is 0 Å². The lowest BCUT2D eigenvalue weighted by Gasteiger charge is -2.11. The Morgan fingerprint density at radius 3 is 2.18 bits per heavy atom. The highest BCUT2D eigenvalue weighted by Crippen LogP contribution is 2.33. The molecule has 0 aliphatic carbocycles. The molecule has 2 rings (SSSR count). The average Bonchev–Trinajstić information content (AvgIpc) is 2.37. The summed E-state index contributed by atoms with van der Waals surface area (Å²) < 4.78 is 10.7. The van der Waals surface area contributed by atoms with E-state index in [0.29, 0.717) is 6.54 Å². The molecule has 17 heavy (non-hydrogen) atoms. The summed E-state index contributed by atoms with van der Waals surface area (Å²) >= 11 is 0. The number of rotatable bonds is 4. The van der Waals surface area contributed by atoms with Crippen molar-refractivity contribution in [3.63, 3.8) is 0 Å². The fourth-order valence-electron chi connectivity index (χ4n) is 2.02. The number of methoxy groups -OCH3 is 2. The van der Waals surface area contributed by atoms with E-state index in [-0.39, 0.29) is 0 Å². The number of nitrogens with two attached hydrogens (primary N) is 1. The van der Waals surface area contributed by atoms with Crippen LogP contribution in [0.25, 0.3) is 10.8 Å². The van der Waals surface area contributed by atoms with Gasteiger partial charge in [0.1, 0.15) is 11.5 Å². The number of ether oxygens (including phenoxy) is 2. The summed E-state index contributed by atoms with van der Waals surface area (Å²) in [6.45, 7) is 0.651. The largest absolute Gasteiger partial charge is 0.496 e. The molecule has 0 saturated heterocycles. The van der Waals surface area contributed by atoms with Crippen molar-refractivity contribution in [3.05, 3.63) is 35.9 Å². The quantitative estimate of drug-likeness (QED) is 0.878. The minimum absolute atomic E-state index is 0.651. The Hall–Kier alpha value is -1.74. The highest BCUT2D eigenvalue weighted by molar-refractivity contribution is 5.93. The number of hydrogen-bond acceptors (Lipinski definition) is 3. The minimum Gasteiger partial charge on any atom is -0.496 e. The Bertz CT molecular complexity index is 523. The van der Waals surface area contributed by atoms with Crippen LogP contribution in [-0.2, 0) is 6.42 Å². The van der Waals surface area contributed by atoms with Gasteiger partial charge in [-0.05, 0) is 36.7 Å². The molecule has 0 saturated carbocycles. The van der Waals surface area contributed by atoms with E-state index in [9.17, 15) is 0 Å². The summed E-state index contributed by atoms with van der Waals surface area (Å²) in [7, 11) is 3.35. The summed E-state index contributed by atoms with van der Waals surface area (Å²) in [4.78, 5) is 0. The highest BCUT2D eigenvalue weighted by atomic mass is 16.5. The molecule has 3 nitrogen and oxygen atoms in total. The molecule has 0 aliphatic heterocycles. The van der Waals surface area contributed by atoms with E-state index in [2.05, 4.69) is 18.2 Å². The van der Waals surface area contributed by atoms with Gasteiger partial charge in [0.05, 0.1) is 14.2 Å². The first-order valence-corrected chi connectivity index (χ1v) is 5.64. The Kier molecular flexibility index (Phi) is 3.49. The van der Waals surface area contributed by atoms with Crippen LogP contribution in [0.5, 0.6) is 11.5 Å². The summed E-state index contributed by atoms with van der Waals surface area (Å²) in [5.74, 6) is 1.72. The van der Waals surface area contributed by atoms with Crippen molar-refractivity contribution < 1.29 is 9.47 Å². The Balaban J connectivity index is 2.64. The van der Waals surface area contributed by atoms with Gasteiger partial charge in [-0.3, -0.25) is 0 Å². The van der Waals surface area contributed by atoms with Crippen LogP contribution in [-0.4, -0.2) is 20.8 Å². The summed E-state index contributed by atoms with van der Waals surface area (Å²) in [6.07, 6.45) is 0.871. The predicted octanol–water partition coefficient (Wildman–Crippen LogP) is 2.36. The zero-order valence-corrected chi connectivity index (χ0v) is 10.2. The first-order valence-electron chi connectivity index (χ1n) is 5.64. The molecule has 0 amide bonds. The third-order valence-electron chi connectivity index (χ3n) is 2.87. The fraction of sp³-hybridized carbons (Fsp3) is 0.286. The molecular weight excluding hydrogens is 214 g/mol. The molecule has 0 spiro atoms. The van der Waals surface area contributed by atoms with Crippen LogP contribution in [0, 0.1) is 0 Å². The zero-order chi connectivity index (χ0) is 12.3. The van der Waals surface area contributed by atoms with Crippen LogP contribution in [0.4, 0.5) is 0 Å². The highest BCUT2D eigenvalue weighted by Gasteiger charge is 2.07. The van der Waals surface area contributed by atoms with Gasteiger partial charge in [-0.1, -0.05) is 12.1 Å². The van der Waals surface area contributed by atoms with Crippen molar-refractivity contribution >= 4 is 10.8 Å². The molecule has 0 unspecified atom stereocenters. The van der Waals surface area contributed by atoms with Gasteiger partial charge in [-0.15, -0.1) is 0 Å². The average molecular weight is 231 g/mol. The molecule has 2 aromatic carbocycles. The lowest BCUT2D eigenvalue weighted by Crippen LogP contribution is -2.02. The molecule has 0 atom stereocenters. The standard InChI is InChI=1S/C14H17NO2/c1-16-13-5-6-14(17-2)12-9-10(7-8-15)3-4-11(12)13/h3-6,9H,7-8,15H2,1-2H3. The second-order valence-corrected chi connectivity index (χ2v) is 3.89. The van der Waals surface area contributed by atoms with E-state index in [4.69, 9.17) is 15.2 Å². The van der Waals surface area contributed by atoms with Gasteiger partial charge in [0.2, 0.25) is 0 Å². The van der Waals surface area contributed by atoms with Gasteiger partial charge in [0.25, 0.3) is 0 Å². The lowest BCUT2D eigenvalue weighted by atomic mass is 10.0. The van der Waals surface area contributed by atoms with Gasteiger partial charge in [-0.2, -0.15) is 0 Å². The maximum atomic E-state index is 5.58. The molecule has 0 heterocycles. The van der Waals surface area contributed by atoms with Crippen molar-refractivity contribution in [2.75, 3.05) is 20.8 Å². The van der Waals surface area contributed by atoms with Crippen molar-refractivity contribution in [1.82, 2.24) is 0 Å². The molecular formula is C14H17NO2. The van der Waals surface area contributed by atoms with Crippen LogP contribution < -0.4 is 15.2 Å². The van der Waals surface area contributed by atoms with Crippen molar-refractivity contribution in [2.45, 2.75) is 6.42 Å². The monoisotopic (exact) mass is 231 g/mol. The van der Waals surface area contributed by atoms with Crippen LogP contribution in [0.3, 0.4) is 0 Å². The zero-order valence-electron chi connectivity index (χ0n) is 10.2. The van der Waals surface area contributed by atoms with Crippen molar-refractivity contribution in [3.8, 4) is 11.5 Å². The van der Waals surface area contributed by atoms with Gasteiger partial charge in [0.15, 0.2) is 0 Å². The third-order valence-corrected chi connectivity index (χ3v) is 2.87. The summed E-state index contributed by atoms with van der Waals surface area (Å²) in [6, 6.07) is 10.1. The molecule has 90 valence electrons. The third kappa shape index (κ3) is 2.19. The molecule has 3 heteroatoms. The van der Waals surface area contributed by atoms with Gasteiger partial charge >= 0.3 is 0 Å². The SMILES string of the molecule is COc1ccc(OC)c2cc(CCN)ccc12. The molecule has 0 fully saturated rings. The van der Waals surface area contributed by atoms with Gasteiger partial charge in [-0.25, -0.2) is 0 Å². The minimum atomic E-state index is 0.651. The van der Waals surface area contributed by atoms with Gasteiger partial charge in [0, 0.05) is 10.8 Å². The van der Waals surface area contributed by atoms with E-state index in [1.54, 1.807) is 14.2 Å². The predicted molar refractivity (Wildman–Crippen MR) is 69.8 cm³/mol. The van der Waals surface area contributed by atoms with E-state index in [1.807, 2.05) is 12.1 Å². The second kappa shape index (κ2) is 5.06. The summed E-state index contributed by atoms with van der Waals surface area (Å²) in [5.41, 5.74) is 6.79. The Labute approximate surface area is 101 Å². The van der Waals surface area contributed by atoms with Crippen LogP contribution in [0.15, 0.2) is 30.3 Å².